The quantitative estimate of drug-likeness (QED) is 0.258. The zero-order chi connectivity index (χ0) is 29.7. The van der Waals surface area contributed by atoms with E-state index in [1.165, 1.54) is 12.1 Å². The van der Waals surface area contributed by atoms with Gasteiger partial charge in [0, 0.05) is 5.69 Å². The van der Waals surface area contributed by atoms with E-state index in [9.17, 15) is 27.6 Å². The summed E-state index contributed by atoms with van der Waals surface area (Å²) in [6.45, 7) is 3.67. The molecule has 1 N–H and O–H groups in total. The van der Waals surface area contributed by atoms with Crippen LogP contribution in [-0.2, 0) is 22.4 Å². The first kappa shape index (κ1) is 30.0. The molecule has 0 aliphatic carbocycles. The van der Waals surface area contributed by atoms with Gasteiger partial charge in [0.1, 0.15) is 13.2 Å². The van der Waals surface area contributed by atoms with Crippen LogP contribution >= 0.6 is 23.4 Å². The standard InChI is InChI=1S/C29H24ClF3N2O5S/c1-3-39-23-12-19(11-22(30)26(23)40-16-18-9-7-17(2)8-10-18)13-24-27(37)35(28(38)41-24)15-25(36)34-21-6-4-5-20(14-21)29(31,32)33/h4-14H,3,15-16H2,1-2H3,(H,34,36)/b24-13-. The molecule has 1 aliphatic rings. The van der Waals surface area contributed by atoms with Gasteiger partial charge in [-0.1, -0.05) is 47.5 Å². The minimum absolute atomic E-state index is 0.0358. The normalized spacial score (nSPS) is 14.5. The topological polar surface area (TPSA) is 84.9 Å². The second-order valence-corrected chi connectivity index (χ2v) is 10.3. The molecule has 7 nitrogen and oxygen atoms in total. The first-order chi connectivity index (χ1) is 19.4. The van der Waals surface area contributed by atoms with Crippen molar-refractivity contribution in [1.82, 2.24) is 4.90 Å². The summed E-state index contributed by atoms with van der Waals surface area (Å²) >= 11 is 7.12. The van der Waals surface area contributed by atoms with Gasteiger partial charge in [0.15, 0.2) is 11.5 Å². The van der Waals surface area contributed by atoms with Crippen LogP contribution in [0.4, 0.5) is 23.7 Å². The number of halogens is 4. The molecule has 0 atom stereocenters. The van der Waals surface area contributed by atoms with Gasteiger partial charge in [0.05, 0.1) is 22.1 Å². The Balaban J connectivity index is 1.47. The van der Waals surface area contributed by atoms with E-state index in [0.29, 0.717) is 40.3 Å². The molecule has 0 radical (unpaired) electrons. The Bertz CT molecular complexity index is 1510. The number of carbonyl (C=O) groups is 3. The number of thioether (sulfide) groups is 1. The summed E-state index contributed by atoms with van der Waals surface area (Å²) in [6, 6.07) is 15.0. The van der Waals surface area contributed by atoms with Crippen LogP contribution in [0.3, 0.4) is 0 Å². The molecule has 4 rings (SSSR count). The third-order valence-electron chi connectivity index (χ3n) is 5.78. The number of nitrogens with zero attached hydrogens (tertiary/aromatic N) is 1. The Morgan fingerprint density at radius 2 is 1.80 bits per heavy atom. The number of hydrogen-bond donors (Lipinski definition) is 1. The smallest absolute Gasteiger partial charge is 0.416 e. The van der Waals surface area contributed by atoms with Crippen LogP contribution in [0.15, 0.2) is 65.6 Å². The average molecular weight is 605 g/mol. The molecule has 0 bridgehead atoms. The summed E-state index contributed by atoms with van der Waals surface area (Å²) in [6.07, 6.45) is -3.15. The fourth-order valence-electron chi connectivity index (χ4n) is 3.82. The number of imide groups is 1. The van der Waals surface area contributed by atoms with Crippen LogP contribution in [0.25, 0.3) is 6.08 Å². The number of hydrogen-bond acceptors (Lipinski definition) is 6. The Kier molecular flexibility index (Phi) is 9.29. The van der Waals surface area contributed by atoms with E-state index in [4.69, 9.17) is 21.1 Å². The molecule has 0 unspecified atom stereocenters. The first-order valence-electron chi connectivity index (χ1n) is 12.3. The molecule has 1 fully saturated rings. The predicted molar refractivity (Wildman–Crippen MR) is 151 cm³/mol. The van der Waals surface area contributed by atoms with Gasteiger partial charge in [-0.2, -0.15) is 13.2 Å². The van der Waals surface area contributed by atoms with E-state index in [1.807, 2.05) is 31.2 Å². The van der Waals surface area contributed by atoms with Gasteiger partial charge in [0.25, 0.3) is 11.1 Å². The lowest BCUT2D eigenvalue weighted by molar-refractivity contribution is -0.137. The highest BCUT2D eigenvalue weighted by molar-refractivity contribution is 8.18. The summed E-state index contributed by atoms with van der Waals surface area (Å²) < 4.78 is 50.5. The lowest BCUT2D eigenvalue weighted by Crippen LogP contribution is -2.36. The molecule has 1 saturated heterocycles. The molecular weight excluding hydrogens is 581 g/mol. The van der Waals surface area contributed by atoms with E-state index >= 15 is 0 Å². The number of alkyl halides is 3. The van der Waals surface area contributed by atoms with Crippen LogP contribution in [-0.4, -0.2) is 35.1 Å². The zero-order valence-electron chi connectivity index (χ0n) is 21.9. The predicted octanol–water partition coefficient (Wildman–Crippen LogP) is 7.32. The molecule has 1 heterocycles. The van der Waals surface area contributed by atoms with Gasteiger partial charge >= 0.3 is 6.18 Å². The number of amides is 3. The number of benzene rings is 3. The molecule has 3 aromatic carbocycles. The van der Waals surface area contributed by atoms with Crippen molar-refractivity contribution in [3.63, 3.8) is 0 Å². The summed E-state index contributed by atoms with van der Waals surface area (Å²) in [5, 5.41) is 1.82. The van der Waals surface area contributed by atoms with Crippen molar-refractivity contribution in [2.24, 2.45) is 0 Å². The summed E-state index contributed by atoms with van der Waals surface area (Å²) in [7, 11) is 0. The van der Waals surface area contributed by atoms with E-state index in [1.54, 1.807) is 19.1 Å². The van der Waals surface area contributed by atoms with Crippen molar-refractivity contribution in [2.75, 3.05) is 18.5 Å². The SMILES string of the molecule is CCOc1cc(/C=C2\SC(=O)N(CC(=O)Nc3cccc(C(F)(F)F)c3)C2=O)cc(Cl)c1OCc1ccc(C)cc1. The molecule has 214 valence electrons. The number of aryl methyl sites for hydroxylation is 1. The Morgan fingerprint density at radius 1 is 1.07 bits per heavy atom. The second kappa shape index (κ2) is 12.7. The first-order valence-corrected chi connectivity index (χ1v) is 13.5. The maximum atomic E-state index is 13.0. The molecule has 41 heavy (non-hydrogen) atoms. The molecule has 1 aliphatic heterocycles. The van der Waals surface area contributed by atoms with Gasteiger partial charge in [-0.15, -0.1) is 0 Å². The van der Waals surface area contributed by atoms with Crippen LogP contribution in [0.1, 0.15) is 29.2 Å². The van der Waals surface area contributed by atoms with E-state index in [0.717, 1.165) is 29.3 Å². The van der Waals surface area contributed by atoms with E-state index in [-0.39, 0.29) is 22.2 Å². The van der Waals surface area contributed by atoms with Crippen molar-refractivity contribution >= 4 is 52.2 Å². The Morgan fingerprint density at radius 3 is 2.49 bits per heavy atom. The summed E-state index contributed by atoms with van der Waals surface area (Å²) in [4.78, 5) is 38.7. The van der Waals surface area contributed by atoms with Crippen molar-refractivity contribution in [1.29, 1.82) is 0 Å². The fraction of sp³-hybridized carbons (Fsp3) is 0.207. The van der Waals surface area contributed by atoms with Gasteiger partial charge in [0.2, 0.25) is 5.91 Å². The fourth-order valence-corrected chi connectivity index (χ4v) is 4.93. The number of carbonyl (C=O) groups excluding carboxylic acids is 3. The molecular formula is C29H24ClF3N2O5S. The summed E-state index contributed by atoms with van der Waals surface area (Å²) in [5.41, 5.74) is 1.45. The van der Waals surface area contributed by atoms with Crippen LogP contribution in [0.5, 0.6) is 11.5 Å². The minimum atomic E-state index is -4.59. The van der Waals surface area contributed by atoms with Crippen molar-refractivity contribution in [2.45, 2.75) is 26.6 Å². The van der Waals surface area contributed by atoms with Crippen LogP contribution in [0, 0.1) is 6.92 Å². The van der Waals surface area contributed by atoms with Crippen molar-refractivity contribution in [3.05, 3.63) is 92.8 Å². The lowest BCUT2D eigenvalue weighted by atomic mass is 10.1. The number of rotatable bonds is 9. The molecule has 0 aromatic heterocycles. The van der Waals surface area contributed by atoms with Crippen LogP contribution in [0.2, 0.25) is 5.02 Å². The maximum Gasteiger partial charge on any atom is 0.416 e. The highest BCUT2D eigenvalue weighted by atomic mass is 35.5. The Labute approximate surface area is 243 Å². The number of anilines is 1. The molecule has 12 heteroatoms. The largest absolute Gasteiger partial charge is 0.490 e. The lowest BCUT2D eigenvalue weighted by Gasteiger charge is -2.15. The van der Waals surface area contributed by atoms with E-state index < -0.39 is 35.3 Å². The highest BCUT2D eigenvalue weighted by Crippen LogP contribution is 2.39. The van der Waals surface area contributed by atoms with Gasteiger partial charge in [-0.3, -0.25) is 19.3 Å². The minimum Gasteiger partial charge on any atom is -0.490 e. The number of nitrogens with one attached hydrogen (secondary N) is 1. The highest BCUT2D eigenvalue weighted by Gasteiger charge is 2.36. The number of ether oxygens (including phenoxy) is 2. The molecule has 0 saturated carbocycles. The third-order valence-corrected chi connectivity index (χ3v) is 6.97. The van der Waals surface area contributed by atoms with Crippen molar-refractivity contribution < 1.29 is 37.0 Å². The molecule has 0 spiro atoms. The van der Waals surface area contributed by atoms with Gasteiger partial charge in [-0.25, -0.2) is 0 Å². The van der Waals surface area contributed by atoms with Crippen molar-refractivity contribution in [3.8, 4) is 11.5 Å². The van der Waals surface area contributed by atoms with Crippen LogP contribution < -0.4 is 14.8 Å². The molecule has 3 aromatic rings. The van der Waals surface area contributed by atoms with Gasteiger partial charge < -0.3 is 14.8 Å². The summed E-state index contributed by atoms with van der Waals surface area (Å²) in [5.74, 6) is -0.888. The third kappa shape index (κ3) is 7.62. The maximum absolute atomic E-state index is 13.0. The van der Waals surface area contributed by atoms with Gasteiger partial charge in [-0.05, 0) is 73.1 Å². The monoisotopic (exact) mass is 604 g/mol. The Hall–Kier alpha value is -3.96. The second-order valence-electron chi connectivity index (χ2n) is 8.93. The van der Waals surface area contributed by atoms with E-state index in [2.05, 4.69) is 5.32 Å². The zero-order valence-corrected chi connectivity index (χ0v) is 23.5. The average Bonchev–Trinajstić information content (AvgIpc) is 3.16. The molecule has 3 amide bonds.